The SMILES string of the molecule is Cn1nnnc1Sc1nc2ccc(C(=O)O)cc2s1. The number of nitrogens with zero attached hydrogens (tertiary/aromatic N) is 5. The van der Waals surface area contributed by atoms with Crippen molar-refractivity contribution >= 4 is 39.3 Å². The van der Waals surface area contributed by atoms with Crippen molar-refractivity contribution < 1.29 is 9.90 Å². The molecule has 3 rings (SSSR count). The molecule has 0 spiro atoms. The van der Waals surface area contributed by atoms with Gasteiger partial charge in [-0.2, -0.15) is 0 Å². The van der Waals surface area contributed by atoms with E-state index >= 15 is 0 Å². The fourth-order valence-corrected chi connectivity index (χ4v) is 3.41. The number of aromatic carboxylic acids is 1. The minimum Gasteiger partial charge on any atom is -0.478 e. The normalized spacial score (nSPS) is 11.0. The molecule has 7 nitrogen and oxygen atoms in total. The second-order valence-corrected chi connectivity index (χ2v) is 5.90. The Kier molecular flexibility index (Phi) is 2.91. The van der Waals surface area contributed by atoms with Crippen LogP contribution in [0.3, 0.4) is 0 Å². The third-order valence-electron chi connectivity index (χ3n) is 2.38. The lowest BCUT2D eigenvalue weighted by Crippen LogP contribution is -1.94. The number of fused-ring (bicyclic) bond motifs is 1. The number of carbonyl (C=O) groups is 1. The second-order valence-electron chi connectivity index (χ2n) is 3.65. The van der Waals surface area contributed by atoms with Gasteiger partial charge in [0, 0.05) is 7.05 Å². The van der Waals surface area contributed by atoms with Gasteiger partial charge in [-0.05, 0) is 40.4 Å². The molecule has 96 valence electrons. The average molecular weight is 293 g/mol. The van der Waals surface area contributed by atoms with Gasteiger partial charge in [0.1, 0.15) is 0 Å². The molecule has 1 N–H and O–H groups in total. The van der Waals surface area contributed by atoms with Crippen molar-refractivity contribution in [3.05, 3.63) is 23.8 Å². The third-order valence-corrected chi connectivity index (χ3v) is 4.48. The summed E-state index contributed by atoms with van der Waals surface area (Å²) in [5.74, 6) is -0.943. The zero-order valence-corrected chi connectivity index (χ0v) is 11.3. The zero-order chi connectivity index (χ0) is 13.4. The van der Waals surface area contributed by atoms with Crippen LogP contribution in [0, 0.1) is 0 Å². The fourth-order valence-electron chi connectivity index (χ4n) is 1.47. The van der Waals surface area contributed by atoms with E-state index in [4.69, 9.17) is 5.11 Å². The Morgan fingerprint density at radius 2 is 2.32 bits per heavy atom. The Hall–Kier alpha value is -2.00. The van der Waals surface area contributed by atoms with Crippen LogP contribution >= 0.6 is 23.1 Å². The van der Waals surface area contributed by atoms with E-state index in [1.165, 1.54) is 23.1 Å². The van der Waals surface area contributed by atoms with Crippen molar-refractivity contribution in [3.8, 4) is 0 Å². The van der Waals surface area contributed by atoms with E-state index < -0.39 is 5.97 Å². The molecule has 0 atom stereocenters. The van der Waals surface area contributed by atoms with Crippen LogP contribution in [0.5, 0.6) is 0 Å². The maximum Gasteiger partial charge on any atom is 0.335 e. The van der Waals surface area contributed by atoms with Gasteiger partial charge in [-0.15, -0.1) is 16.4 Å². The predicted octanol–water partition coefficient (Wildman–Crippen LogP) is 1.67. The van der Waals surface area contributed by atoms with E-state index in [1.807, 2.05) is 0 Å². The highest BCUT2D eigenvalue weighted by Gasteiger charge is 2.11. The highest BCUT2D eigenvalue weighted by Crippen LogP contribution is 2.33. The maximum atomic E-state index is 10.9. The number of aromatic nitrogens is 5. The summed E-state index contributed by atoms with van der Waals surface area (Å²) < 4.78 is 3.16. The van der Waals surface area contributed by atoms with Crippen LogP contribution in [0.4, 0.5) is 0 Å². The van der Waals surface area contributed by atoms with E-state index in [1.54, 1.807) is 29.9 Å². The lowest BCUT2D eigenvalue weighted by molar-refractivity contribution is 0.0697. The van der Waals surface area contributed by atoms with E-state index in [0.717, 1.165) is 14.6 Å². The molecule has 0 amide bonds. The minimum atomic E-state index is -0.943. The van der Waals surface area contributed by atoms with Gasteiger partial charge in [-0.3, -0.25) is 0 Å². The minimum absolute atomic E-state index is 0.257. The lowest BCUT2D eigenvalue weighted by atomic mass is 10.2. The summed E-state index contributed by atoms with van der Waals surface area (Å²) in [6.07, 6.45) is 0. The first kappa shape index (κ1) is 12.1. The number of aryl methyl sites for hydroxylation is 1. The summed E-state index contributed by atoms with van der Waals surface area (Å²) in [5, 5.41) is 20.7. The van der Waals surface area contributed by atoms with E-state index in [0.29, 0.717) is 5.16 Å². The van der Waals surface area contributed by atoms with Gasteiger partial charge in [0.05, 0.1) is 15.8 Å². The number of hydrogen-bond acceptors (Lipinski definition) is 7. The smallest absolute Gasteiger partial charge is 0.335 e. The predicted molar refractivity (Wildman–Crippen MR) is 69.5 cm³/mol. The van der Waals surface area contributed by atoms with Crippen molar-refractivity contribution in [3.63, 3.8) is 0 Å². The van der Waals surface area contributed by atoms with Crippen molar-refractivity contribution in [2.75, 3.05) is 0 Å². The molecule has 9 heteroatoms. The Labute approximate surface area is 115 Å². The standard InChI is InChI=1S/C10H7N5O2S2/c1-15-9(12-13-14-15)19-10-11-6-3-2-5(8(16)17)4-7(6)18-10/h2-4H,1H3,(H,16,17). The zero-order valence-electron chi connectivity index (χ0n) is 9.64. The second kappa shape index (κ2) is 4.59. The van der Waals surface area contributed by atoms with Crippen LogP contribution in [-0.4, -0.2) is 36.3 Å². The molecule has 0 radical (unpaired) electrons. The van der Waals surface area contributed by atoms with Crippen LogP contribution in [0.1, 0.15) is 10.4 Å². The lowest BCUT2D eigenvalue weighted by Gasteiger charge is -1.92. The highest BCUT2D eigenvalue weighted by molar-refractivity contribution is 8.01. The summed E-state index contributed by atoms with van der Waals surface area (Å²) >= 11 is 2.76. The van der Waals surface area contributed by atoms with Crippen LogP contribution in [0.2, 0.25) is 0 Å². The molecule has 0 unspecified atom stereocenters. The molecule has 0 aliphatic heterocycles. The summed E-state index contributed by atoms with van der Waals surface area (Å²) in [4.78, 5) is 15.3. The summed E-state index contributed by atoms with van der Waals surface area (Å²) in [7, 11) is 1.75. The molecule has 0 saturated carbocycles. The maximum absolute atomic E-state index is 10.9. The van der Waals surface area contributed by atoms with Gasteiger partial charge in [0.25, 0.3) is 0 Å². The molecule has 0 saturated heterocycles. The van der Waals surface area contributed by atoms with Gasteiger partial charge >= 0.3 is 5.97 Å². The fraction of sp³-hybridized carbons (Fsp3) is 0.100. The van der Waals surface area contributed by atoms with Gasteiger partial charge in [0.15, 0.2) is 4.34 Å². The quantitative estimate of drug-likeness (QED) is 0.785. The molecule has 0 aliphatic carbocycles. The van der Waals surface area contributed by atoms with Gasteiger partial charge in [0.2, 0.25) is 5.16 Å². The van der Waals surface area contributed by atoms with Crippen molar-refractivity contribution in [2.45, 2.75) is 9.50 Å². The van der Waals surface area contributed by atoms with E-state index in [9.17, 15) is 4.79 Å². The van der Waals surface area contributed by atoms with Gasteiger partial charge < -0.3 is 5.11 Å². The Balaban J connectivity index is 1.97. The molecule has 0 bridgehead atoms. The van der Waals surface area contributed by atoms with Crippen LogP contribution in [-0.2, 0) is 7.05 Å². The molecule has 0 aliphatic rings. The molecular weight excluding hydrogens is 286 g/mol. The summed E-state index contributed by atoms with van der Waals surface area (Å²) in [6.45, 7) is 0. The number of carboxylic acids is 1. The number of hydrogen-bond donors (Lipinski definition) is 1. The summed E-state index contributed by atoms with van der Waals surface area (Å²) in [6, 6.07) is 4.87. The average Bonchev–Trinajstić information content (AvgIpc) is 2.95. The first-order valence-corrected chi connectivity index (χ1v) is 6.81. The van der Waals surface area contributed by atoms with Crippen molar-refractivity contribution in [1.82, 2.24) is 25.2 Å². The molecule has 0 fully saturated rings. The molecule has 3 aromatic rings. The van der Waals surface area contributed by atoms with Crippen molar-refractivity contribution in [2.24, 2.45) is 7.05 Å². The van der Waals surface area contributed by atoms with Crippen molar-refractivity contribution in [1.29, 1.82) is 0 Å². The highest BCUT2D eigenvalue weighted by atomic mass is 32.2. The summed E-state index contributed by atoms with van der Waals surface area (Å²) in [5.41, 5.74) is 1.03. The topological polar surface area (TPSA) is 93.8 Å². The Morgan fingerprint density at radius 1 is 1.47 bits per heavy atom. The number of benzene rings is 1. The molecule has 2 heterocycles. The Bertz CT molecular complexity index is 766. The van der Waals surface area contributed by atoms with E-state index in [-0.39, 0.29) is 5.56 Å². The molecule has 1 aromatic carbocycles. The van der Waals surface area contributed by atoms with Gasteiger partial charge in [-0.1, -0.05) is 0 Å². The molecule has 2 aromatic heterocycles. The van der Waals surface area contributed by atoms with Crippen LogP contribution < -0.4 is 0 Å². The van der Waals surface area contributed by atoms with E-state index in [2.05, 4.69) is 20.5 Å². The third kappa shape index (κ3) is 2.29. The number of carboxylic acid groups (broad SMARTS) is 1. The first-order chi connectivity index (χ1) is 9.13. The Morgan fingerprint density at radius 3 is 3.00 bits per heavy atom. The number of thiazole rings is 1. The monoisotopic (exact) mass is 293 g/mol. The first-order valence-electron chi connectivity index (χ1n) is 5.17. The number of tetrazole rings is 1. The number of rotatable bonds is 3. The van der Waals surface area contributed by atoms with Crippen LogP contribution in [0.15, 0.2) is 27.7 Å². The molecule has 19 heavy (non-hydrogen) atoms. The molecular formula is C10H7N5O2S2. The van der Waals surface area contributed by atoms with Crippen LogP contribution in [0.25, 0.3) is 10.2 Å². The van der Waals surface area contributed by atoms with Gasteiger partial charge in [-0.25, -0.2) is 14.5 Å². The largest absolute Gasteiger partial charge is 0.478 e.